The standard InChI is InChI=1S/C11H13N3O4S2/c1-19(15,16)10-4-2-9(3-5-10)6-14-20(17,18)11-7-12-8-13-11/h2-5,7-8,14H,6H2,1H3,(H,12,13). The van der Waals surface area contributed by atoms with Gasteiger partial charge >= 0.3 is 0 Å². The van der Waals surface area contributed by atoms with Crippen molar-refractivity contribution in [3.05, 3.63) is 42.4 Å². The van der Waals surface area contributed by atoms with Gasteiger partial charge in [0, 0.05) is 12.8 Å². The van der Waals surface area contributed by atoms with Crippen LogP contribution in [-0.2, 0) is 26.4 Å². The molecular formula is C11H13N3O4S2. The quantitative estimate of drug-likeness (QED) is 0.824. The maximum absolute atomic E-state index is 11.8. The Bertz CT molecular complexity index is 779. The number of imidazole rings is 1. The third-order valence-electron chi connectivity index (χ3n) is 2.58. The van der Waals surface area contributed by atoms with Crippen LogP contribution in [0.25, 0.3) is 0 Å². The molecule has 108 valence electrons. The summed E-state index contributed by atoms with van der Waals surface area (Å²) in [5.41, 5.74) is 0.653. The summed E-state index contributed by atoms with van der Waals surface area (Å²) in [6, 6.07) is 6.00. The van der Waals surface area contributed by atoms with Crippen LogP contribution in [0.15, 0.2) is 46.7 Å². The van der Waals surface area contributed by atoms with E-state index in [1.807, 2.05) is 0 Å². The molecule has 2 N–H and O–H groups in total. The Labute approximate surface area is 117 Å². The summed E-state index contributed by atoms with van der Waals surface area (Å²) in [4.78, 5) is 6.33. The molecular weight excluding hydrogens is 302 g/mol. The number of sulfonamides is 1. The number of aromatic amines is 1. The number of nitrogens with zero attached hydrogens (tertiary/aromatic N) is 1. The zero-order chi connectivity index (χ0) is 14.8. The van der Waals surface area contributed by atoms with E-state index in [1.165, 1.54) is 24.7 Å². The van der Waals surface area contributed by atoms with Gasteiger partial charge in [-0.1, -0.05) is 12.1 Å². The highest BCUT2D eigenvalue weighted by Gasteiger charge is 2.15. The van der Waals surface area contributed by atoms with E-state index in [1.54, 1.807) is 12.1 Å². The van der Waals surface area contributed by atoms with E-state index < -0.39 is 19.9 Å². The number of sulfone groups is 1. The van der Waals surface area contributed by atoms with E-state index in [0.717, 1.165) is 6.26 Å². The molecule has 0 saturated heterocycles. The van der Waals surface area contributed by atoms with Crippen LogP contribution in [0.4, 0.5) is 0 Å². The first-order valence-electron chi connectivity index (χ1n) is 5.56. The fourth-order valence-corrected chi connectivity index (χ4v) is 3.05. The minimum absolute atomic E-state index is 0.0229. The molecule has 1 heterocycles. The van der Waals surface area contributed by atoms with Gasteiger partial charge in [-0.25, -0.2) is 26.5 Å². The maximum atomic E-state index is 11.8. The van der Waals surface area contributed by atoms with E-state index >= 15 is 0 Å². The summed E-state index contributed by atoms with van der Waals surface area (Å²) in [6.45, 7) is 0.0609. The Hall–Kier alpha value is -1.71. The Morgan fingerprint density at radius 1 is 1.15 bits per heavy atom. The van der Waals surface area contributed by atoms with Crippen molar-refractivity contribution in [3.63, 3.8) is 0 Å². The summed E-state index contributed by atoms with van der Waals surface area (Å²) in [7, 11) is -6.89. The molecule has 0 aliphatic rings. The van der Waals surface area contributed by atoms with Crippen molar-refractivity contribution in [3.8, 4) is 0 Å². The molecule has 0 aliphatic carbocycles. The number of hydrogen-bond acceptors (Lipinski definition) is 5. The molecule has 0 unspecified atom stereocenters. The van der Waals surface area contributed by atoms with Gasteiger partial charge in [0.2, 0.25) is 0 Å². The zero-order valence-electron chi connectivity index (χ0n) is 10.6. The van der Waals surface area contributed by atoms with E-state index in [2.05, 4.69) is 14.7 Å². The molecule has 7 nitrogen and oxygen atoms in total. The molecule has 1 aromatic heterocycles. The molecule has 0 spiro atoms. The van der Waals surface area contributed by atoms with Crippen LogP contribution in [0.5, 0.6) is 0 Å². The predicted molar refractivity (Wildman–Crippen MR) is 72.2 cm³/mol. The molecule has 0 atom stereocenters. The topological polar surface area (TPSA) is 109 Å². The van der Waals surface area contributed by atoms with Gasteiger partial charge in [-0.3, -0.25) is 0 Å². The number of aromatic nitrogens is 2. The highest BCUT2D eigenvalue weighted by atomic mass is 32.2. The van der Waals surface area contributed by atoms with Crippen LogP contribution < -0.4 is 4.72 Å². The molecule has 9 heteroatoms. The van der Waals surface area contributed by atoms with Gasteiger partial charge in [0.15, 0.2) is 14.9 Å². The van der Waals surface area contributed by atoms with Crippen LogP contribution >= 0.6 is 0 Å². The molecule has 20 heavy (non-hydrogen) atoms. The lowest BCUT2D eigenvalue weighted by atomic mass is 10.2. The lowest BCUT2D eigenvalue weighted by Crippen LogP contribution is -2.23. The summed E-state index contributed by atoms with van der Waals surface area (Å²) >= 11 is 0. The second-order valence-corrected chi connectivity index (χ2v) is 7.91. The largest absolute Gasteiger partial charge is 0.335 e. The lowest BCUT2D eigenvalue weighted by molar-refractivity contribution is 0.578. The van der Waals surface area contributed by atoms with Gasteiger partial charge in [0.1, 0.15) is 0 Å². The van der Waals surface area contributed by atoms with E-state index in [9.17, 15) is 16.8 Å². The normalized spacial score (nSPS) is 12.4. The first-order valence-corrected chi connectivity index (χ1v) is 8.93. The average Bonchev–Trinajstić information content (AvgIpc) is 2.90. The van der Waals surface area contributed by atoms with Gasteiger partial charge in [0.25, 0.3) is 10.0 Å². The molecule has 0 radical (unpaired) electrons. The van der Waals surface area contributed by atoms with Crippen molar-refractivity contribution < 1.29 is 16.8 Å². The third-order valence-corrected chi connectivity index (χ3v) is 5.04. The Balaban J connectivity index is 2.09. The van der Waals surface area contributed by atoms with Crippen molar-refractivity contribution in [1.29, 1.82) is 0 Å². The van der Waals surface area contributed by atoms with Gasteiger partial charge in [-0.2, -0.15) is 0 Å². The molecule has 0 fully saturated rings. The summed E-state index contributed by atoms with van der Waals surface area (Å²) in [6.07, 6.45) is 3.59. The summed E-state index contributed by atoms with van der Waals surface area (Å²) in [5.74, 6) is 0. The number of nitrogens with one attached hydrogen (secondary N) is 2. The molecule has 0 amide bonds. The molecule has 0 aliphatic heterocycles. The van der Waals surface area contributed by atoms with Crippen molar-refractivity contribution in [2.24, 2.45) is 0 Å². The van der Waals surface area contributed by atoms with E-state index in [0.29, 0.717) is 5.56 Å². The Kier molecular flexibility index (Phi) is 3.93. The van der Waals surface area contributed by atoms with Crippen molar-refractivity contribution >= 4 is 19.9 Å². The smallest absolute Gasteiger partial charge is 0.257 e. The number of benzene rings is 1. The van der Waals surface area contributed by atoms with Gasteiger partial charge in [-0.15, -0.1) is 0 Å². The van der Waals surface area contributed by atoms with Gasteiger partial charge in [0.05, 0.1) is 17.4 Å². The number of H-pyrrole nitrogens is 1. The van der Waals surface area contributed by atoms with Crippen LogP contribution in [0.1, 0.15) is 5.56 Å². The van der Waals surface area contributed by atoms with Crippen LogP contribution in [-0.4, -0.2) is 33.1 Å². The van der Waals surface area contributed by atoms with Crippen molar-refractivity contribution in [2.75, 3.05) is 6.26 Å². The third kappa shape index (κ3) is 3.44. The highest BCUT2D eigenvalue weighted by molar-refractivity contribution is 7.90. The maximum Gasteiger partial charge on any atom is 0.257 e. The number of rotatable bonds is 5. The lowest BCUT2D eigenvalue weighted by Gasteiger charge is -2.05. The number of hydrogen-bond donors (Lipinski definition) is 2. The van der Waals surface area contributed by atoms with Crippen LogP contribution in [0.2, 0.25) is 0 Å². The SMILES string of the molecule is CS(=O)(=O)c1ccc(CNS(=O)(=O)c2cnc[nH]2)cc1. The minimum atomic E-state index is -3.64. The predicted octanol–water partition coefficient (Wildman–Crippen LogP) is 0.292. The van der Waals surface area contributed by atoms with Crippen molar-refractivity contribution in [2.45, 2.75) is 16.5 Å². The van der Waals surface area contributed by atoms with Gasteiger partial charge < -0.3 is 4.98 Å². The van der Waals surface area contributed by atoms with E-state index in [4.69, 9.17) is 0 Å². The molecule has 0 saturated carbocycles. The highest BCUT2D eigenvalue weighted by Crippen LogP contribution is 2.11. The van der Waals surface area contributed by atoms with Crippen LogP contribution in [0, 0.1) is 0 Å². The zero-order valence-corrected chi connectivity index (χ0v) is 12.2. The fraction of sp³-hybridized carbons (Fsp3) is 0.182. The molecule has 2 rings (SSSR count). The average molecular weight is 315 g/mol. The fourth-order valence-electron chi connectivity index (χ4n) is 1.50. The van der Waals surface area contributed by atoms with E-state index in [-0.39, 0.29) is 16.5 Å². The molecule has 1 aromatic carbocycles. The summed E-state index contributed by atoms with van der Waals surface area (Å²) in [5, 5.41) is -0.0229. The monoisotopic (exact) mass is 315 g/mol. The Morgan fingerprint density at radius 3 is 2.30 bits per heavy atom. The first-order chi connectivity index (χ1) is 9.29. The first kappa shape index (κ1) is 14.7. The van der Waals surface area contributed by atoms with Gasteiger partial charge in [-0.05, 0) is 17.7 Å². The minimum Gasteiger partial charge on any atom is -0.335 e. The molecule has 0 bridgehead atoms. The van der Waals surface area contributed by atoms with Crippen molar-refractivity contribution in [1.82, 2.24) is 14.7 Å². The summed E-state index contributed by atoms with van der Waals surface area (Å²) < 4.78 is 48.6. The second-order valence-electron chi connectivity index (χ2n) is 4.16. The second kappa shape index (κ2) is 5.35. The van der Waals surface area contributed by atoms with Crippen LogP contribution in [0.3, 0.4) is 0 Å². The Morgan fingerprint density at radius 2 is 1.80 bits per heavy atom. The molecule has 2 aromatic rings.